The molecule has 1 N–H and O–H groups in total. The second-order valence-electron chi connectivity index (χ2n) is 5.62. The highest BCUT2D eigenvalue weighted by atomic mass is 32.1. The fraction of sp³-hybridized carbons (Fsp3) is 0.316. The Morgan fingerprint density at radius 1 is 1.15 bits per heavy atom. The molecular formula is C19H21NO5S. The molecule has 0 atom stereocenters. The van der Waals surface area contributed by atoms with Crippen LogP contribution in [0.1, 0.15) is 43.8 Å². The molecule has 0 bridgehead atoms. The van der Waals surface area contributed by atoms with Gasteiger partial charge in [0.2, 0.25) is 0 Å². The molecule has 2 rings (SSSR count). The predicted molar refractivity (Wildman–Crippen MR) is 98.8 cm³/mol. The van der Waals surface area contributed by atoms with E-state index in [2.05, 4.69) is 12.2 Å². The molecule has 7 heteroatoms. The van der Waals surface area contributed by atoms with Crippen LogP contribution >= 0.6 is 11.3 Å². The van der Waals surface area contributed by atoms with Crippen LogP contribution in [0, 0.1) is 6.92 Å². The average Bonchev–Trinajstić information content (AvgIpc) is 3.01. The van der Waals surface area contributed by atoms with Crippen molar-refractivity contribution in [3.63, 3.8) is 0 Å². The summed E-state index contributed by atoms with van der Waals surface area (Å²) in [4.78, 5) is 37.4. The van der Waals surface area contributed by atoms with Crippen LogP contribution in [-0.4, -0.2) is 31.5 Å². The number of nitrogens with one attached hydrogen (secondary N) is 1. The van der Waals surface area contributed by atoms with Gasteiger partial charge < -0.3 is 9.47 Å². The number of carbonyl (C=O) groups is 3. The first-order valence-electron chi connectivity index (χ1n) is 8.19. The SMILES string of the molecule is CCCc1cc(C(=O)OCC(=O)NC(=O)c2ccc(OC)cc2)sc1C. The topological polar surface area (TPSA) is 81.7 Å². The summed E-state index contributed by atoms with van der Waals surface area (Å²) in [6.45, 7) is 3.51. The Bertz CT molecular complexity index is 795. The van der Waals surface area contributed by atoms with E-state index in [9.17, 15) is 14.4 Å². The van der Waals surface area contributed by atoms with Crippen molar-refractivity contribution in [3.8, 4) is 5.75 Å². The van der Waals surface area contributed by atoms with Gasteiger partial charge in [0, 0.05) is 10.4 Å². The van der Waals surface area contributed by atoms with E-state index in [1.807, 2.05) is 6.92 Å². The summed E-state index contributed by atoms with van der Waals surface area (Å²) in [5.41, 5.74) is 1.42. The lowest BCUT2D eigenvalue weighted by Gasteiger charge is -2.06. The number of aryl methyl sites for hydroxylation is 2. The Balaban J connectivity index is 1.86. The largest absolute Gasteiger partial charge is 0.497 e. The van der Waals surface area contributed by atoms with Crippen LogP contribution in [0.4, 0.5) is 0 Å². The Morgan fingerprint density at radius 2 is 1.85 bits per heavy atom. The van der Waals surface area contributed by atoms with Gasteiger partial charge in [0.05, 0.1) is 7.11 Å². The van der Waals surface area contributed by atoms with Crippen LogP contribution in [0.2, 0.25) is 0 Å². The second-order valence-corrected chi connectivity index (χ2v) is 6.88. The molecule has 0 spiro atoms. The van der Waals surface area contributed by atoms with Crippen LogP contribution in [0.15, 0.2) is 30.3 Å². The molecule has 0 unspecified atom stereocenters. The Labute approximate surface area is 156 Å². The quantitative estimate of drug-likeness (QED) is 0.752. The van der Waals surface area contributed by atoms with Gasteiger partial charge >= 0.3 is 5.97 Å². The number of carbonyl (C=O) groups excluding carboxylic acids is 3. The van der Waals surface area contributed by atoms with Gasteiger partial charge in [-0.05, 0) is 49.2 Å². The predicted octanol–water partition coefficient (Wildman–Crippen LogP) is 3.13. The summed E-state index contributed by atoms with van der Waals surface area (Å²) in [6, 6.07) is 8.11. The van der Waals surface area contributed by atoms with E-state index in [-0.39, 0.29) is 0 Å². The number of amides is 2. The number of methoxy groups -OCH3 is 1. The minimum absolute atomic E-state index is 0.309. The fourth-order valence-electron chi connectivity index (χ4n) is 2.32. The number of esters is 1. The van der Waals surface area contributed by atoms with Gasteiger partial charge in [-0.15, -0.1) is 11.3 Å². The summed E-state index contributed by atoms with van der Waals surface area (Å²) in [7, 11) is 1.52. The molecule has 6 nitrogen and oxygen atoms in total. The van der Waals surface area contributed by atoms with Crippen molar-refractivity contribution in [1.82, 2.24) is 5.32 Å². The third-order valence-electron chi connectivity index (χ3n) is 3.68. The first kappa shape index (κ1) is 19.7. The fourth-order valence-corrected chi connectivity index (χ4v) is 3.28. The molecule has 2 aromatic rings. The van der Waals surface area contributed by atoms with Gasteiger partial charge in [-0.1, -0.05) is 13.3 Å². The molecule has 26 heavy (non-hydrogen) atoms. The summed E-state index contributed by atoms with van der Waals surface area (Å²) >= 11 is 1.34. The van der Waals surface area contributed by atoms with Crippen LogP contribution < -0.4 is 10.1 Å². The molecule has 1 aromatic heterocycles. The summed E-state index contributed by atoms with van der Waals surface area (Å²) < 4.78 is 10.0. The normalized spacial score (nSPS) is 10.3. The standard InChI is InChI=1S/C19H21NO5S/c1-4-5-14-10-16(26-12(14)2)19(23)25-11-17(21)20-18(22)13-6-8-15(24-3)9-7-13/h6-10H,4-5,11H2,1-3H3,(H,20,21,22). The lowest BCUT2D eigenvalue weighted by molar-refractivity contribution is -0.123. The highest BCUT2D eigenvalue weighted by molar-refractivity contribution is 7.14. The maximum absolute atomic E-state index is 12.1. The smallest absolute Gasteiger partial charge is 0.348 e. The maximum Gasteiger partial charge on any atom is 0.348 e. The third kappa shape index (κ3) is 5.16. The highest BCUT2D eigenvalue weighted by Crippen LogP contribution is 2.23. The maximum atomic E-state index is 12.1. The van der Waals surface area contributed by atoms with E-state index >= 15 is 0 Å². The van der Waals surface area contributed by atoms with Crippen molar-refractivity contribution < 1.29 is 23.9 Å². The molecule has 1 aromatic carbocycles. The zero-order chi connectivity index (χ0) is 19.1. The monoisotopic (exact) mass is 375 g/mol. The molecule has 0 saturated carbocycles. The zero-order valence-electron chi connectivity index (χ0n) is 15.0. The molecule has 0 radical (unpaired) electrons. The Hall–Kier alpha value is -2.67. The molecule has 0 saturated heterocycles. The number of imide groups is 1. The highest BCUT2D eigenvalue weighted by Gasteiger charge is 2.16. The van der Waals surface area contributed by atoms with Crippen molar-refractivity contribution in [2.45, 2.75) is 26.7 Å². The van der Waals surface area contributed by atoms with E-state index in [1.54, 1.807) is 18.2 Å². The van der Waals surface area contributed by atoms with Gasteiger partial charge in [-0.25, -0.2) is 4.79 Å². The number of thiophene rings is 1. The summed E-state index contributed by atoms with van der Waals surface area (Å²) in [5.74, 6) is -1.20. The first-order valence-corrected chi connectivity index (χ1v) is 9.01. The molecule has 0 aliphatic carbocycles. The molecule has 0 aliphatic rings. The van der Waals surface area contributed by atoms with Crippen LogP contribution in [0.5, 0.6) is 5.75 Å². The lowest BCUT2D eigenvalue weighted by atomic mass is 10.1. The minimum atomic E-state index is -0.679. The Kier molecular flexibility index (Phi) is 6.91. The van der Waals surface area contributed by atoms with E-state index in [0.29, 0.717) is 16.2 Å². The molecule has 1 heterocycles. The Morgan fingerprint density at radius 3 is 2.46 bits per heavy atom. The first-order chi connectivity index (χ1) is 12.4. The molecule has 0 aliphatic heterocycles. The molecular weight excluding hydrogens is 354 g/mol. The molecule has 0 fully saturated rings. The number of hydrogen-bond acceptors (Lipinski definition) is 6. The van der Waals surface area contributed by atoms with E-state index in [4.69, 9.17) is 9.47 Å². The van der Waals surface area contributed by atoms with Crippen LogP contribution in [0.3, 0.4) is 0 Å². The van der Waals surface area contributed by atoms with Gasteiger partial charge in [-0.3, -0.25) is 14.9 Å². The minimum Gasteiger partial charge on any atom is -0.497 e. The van der Waals surface area contributed by atoms with Crippen LogP contribution in [0.25, 0.3) is 0 Å². The average molecular weight is 375 g/mol. The van der Waals surface area contributed by atoms with Crippen molar-refractivity contribution in [1.29, 1.82) is 0 Å². The van der Waals surface area contributed by atoms with Gasteiger partial charge in [0.25, 0.3) is 11.8 Å². The summed E-state index contributed by atoms with van der Waals surface area (Å²) in [6.07, 6.45) is 1.88. The number of ether oxygens (including phenoxy) is 2. The van der Waals surface area contributed by atoms with Crippen molar-refractivity contribution >= 4 is 29.1 Å². The lowest BCUT2D eigenvalue weighted by Crippen LogP contribution is -2.34. The third-order valence-corrected chi connectivity index (χ3v) is 4.75. The number of hydrogen-bond donors (Lipinski definition) is 1. The van der Waals surface area contributed by atoms with Gasteiger partial charge in [0.1, 0.15) is 10.6 Å². The molecule has 2 amide bonds. The van der Waals surface area contributed by atoms with Crippen molar-refractivity contribution in [2.24, 2.45) is 0 Å². The van der Waals surface area contributed by atoms with Crippen LogP contribution in [-0.2, 0) is 16.0 Å². The van der Waals surface area contributed by atoms with Crippen molar-refractivity contribution in [3.05, 3.63) is 51.2 Å². The summed E-state index contributed by atoms with van der Waals surface area (Å²) in [5, 5.41) is 2.18. The number of rotatable bonds is 7. The van der Waals surface area contributed by atoms with Gasteiger partial charge in [-0.2, -0.15) is 0 Å². The van der Waals surface area contributed by atoms with E-state index in [1.165, 1.54) is 30.6 Å². The van der Waals surface area contributed by atoms with Gasteiger partial charge in [0.15, 0.2) is 6.61 Å². The van der Waals surface area contributed by atoms with E-state index in [0.717, 1.165) is 23.3 Å². The molecule has 138 valence electrons. The zero-order valence-corrected chi connectivity index (χ0v) is 15.8. The number of benzene rings is 1. The second kappa shape index (κ2) is 9.15. The van der Waals surface area contributed by atoms with E-state index < -0.39 is 24.4 Å². The van der Waals surface area contributed by atoms with Crippen molar-refractivity contribution in [2.75, 3.05) is 13.7 Å².